The number of anilines is 1. The SMILES string of the molecule is Cc1cc(Cl)cc2c1NC(=O)C21NC(CCC(N)=O)[C@H]2C(=O)N(Cc3ccc(F)cc3)C(=O)[C@H]21. The fraction of sp³-hybridized carbons (Fsp3) is 0.333. The Morgan fingerprint density at radius 1 is 1.18 bits per heavy atom. The third kappa shape index (κ3) is 3.22. The fourth-order valence-corrected chi connectivity index (χ4v) is 5.84. The zero-order valence-corrected chi connectivity index (χ0v) is 19.0. The highest BCUT2D eigenvalue weighted by atomic mass is 35.5. The van der Waals surface area contributed by atoms with Crippen molar-refractivity contribution in [1.82, 2.24) is 10.2 Å². The molecule has 3 aliphatic rings. The molecule has 1 spiro atoms. The molecule has 8 nitrogen and oxygen atoms in total. The minimum atomic E-state index is -1.51. The smallest absolute Gasteiger partial charge is 0.250 e. The number of primary amides is 1. The lowest BCUT2D eigenvalue weighted by molar-refractivity contribution is -0.143. The number of benzene rings is 2. The zero-order chi connectivity index (χ0) is 24.4. The molecule has 0 bridgehead atoms. The zero-order valence-electron chi connectivity index (χ0n) is 18.2. The van der Waals surface area contributed by atoms with E-state index in [4.69, 9.17) is 17.3 Å². The Balaban J connectivity index is 1.60. The third-order valence-electron chi connectivity index (χ3n) is 7.03. The number of halogens is 2. The van der Waals surface area contributed by atoms with E-state index in [1.54, 1.807) is 19.1 Å². The molecule has 4 amide bonds. The third-order valence-corrected chi connectivity index (χ3v) is 7.25. The van der Waals surface area contributed by atoms with Crippen LogP contribution in [-0.2, 0) is 31.3 Å². The molecular formula is C24H22ClFN4O4. The van der Waals surface area contributed by atoms with Crippen molar-refractivity contribution in [2.45, 2.75) is 37.9 Å². The maximum atomic E-state index is 13.7. The van der Waals surface area contributed by atoms with Crippen LogP contribution in [0.4, 0.5) is 10.1 Å². The maximum Gasteiger partial charge on any atom is 0.250 e. The molecule has 2 aromatic rings. The van der Waals surface area contributed by atoms with E-state index in [1.807, 2.05) is 0 Å². The highest BCUT2D eigenvalue weighted by Gasteiger charge is 2.70. The van der Waals surface area contributed by atoms with Crippen molar-refractivity contribution in [3.8, 4) is 0 Å². The molecule has 10 heteroatoms. The largest absolute Gasteiger partial charge is 0.370 e. The van der Waals surface area contributed by atoms with Gasteiger partial charge in [-0.2, -0.15) is 0 Å². The number of imide groups is 1. The van der Waals surface area contributed by atoms with Gasteiger partial charge in [0.05, 0.1) is 18.4 Å². The van der Waals surface area contributed by atoms with Crippen molar-refractivity contribution < 1.29 is 23.6 Å². The van der Waals surface area contributed by atoms with Crippen molar-refractivity contribution >= 4 is 40.9 Å². The summed E-state index contributed by atoms with van der Waals surface area (Å²) in [6.45, 7) is 1.75. The minimum Gasteiger partial charge on any atom is -0.370 e. The van der Waals surface area contributed by atoms with E-state index in [-0.39, 0.29) is 19.4 Å². The molecule has 2 fully saturated rings. The van der Waals surface area contributed by atoms with Gasteiger partial charge >= 0.3 is 0 Å². The second-order valence-corrected chi connectivity index (χ2v) is 9.49. The molecule has 0 aliphatic carbocycles. The summed E-state index contributed by atoms with van der Waals surface area (Å²) in [5.41, 5.74) is 6.19. The number of rotatable bonds is 5. The van der Waals surface area contributed by atoms with Crippen LogP contribution in [0.1, 0.15) is 29.5 Å². The number of carbonyl (C=O) groups excluding carboxylic acids is 4. The Kier molecular flexibility index (Phi) is 5.22. The van der Waals surface area contributed by atoms with E-state index in [1.165, 1.54) is 24.3 Å². The Morgan fingerprint density at radius 2 is 1.88 bits per heavy atom. The van der Waals surface area contributed by atoms with Crippen LogP contribution in [-0.4, -0.2) is 34.6 Å². The van der Waals surface area contributed by atoms with E-state index < -0.39 is 52.9 Å². The quantitative estimate of drug-likeness (QED) is 0.560. The van der Waals surface area contributed by atoms with Gasteiger partial charge in [0.15, 0.2) is 0 Å². The minimum absolute atomic E-state index is 0.0144. The summed E-state index contributed by atoms with van der Waals surface area (Å²) in [5, 5.41) is 6.49. The van der Waals surface area contributed by atoms with E-state index in [0.717, 1.165) is 10.5 Å². The molecule has 2 aromatic carbocycles. The molecule has 5 rings (SSSR count). The number of hydrogen-bond acceptors (Lipinski definition) is 5. The summed E-state index contributed by atoms with van der Waals surface area (Å²) < 4.78 is 13.3. The summed E-state index contributed by atoms with van der Waals surface area (Å²) >= 11 is 6.31. The van der Waals surface area contributed by atoms with Crippen LogP contribution >= 0.6 is 11.6 Å². The highest BCUT2D eigenvalue weighted by molar-refractivity contribution is 6.31. The lowest BCUT2D eigenvalue weighted by atomic mass is 9.76. The average molecular weight is 485 g/mol. The topological polar surface area (TPSA) is 122 Å². The van der Waals surface area contributed by atoms with E-state index in [2.05, 4.69) is 10.6 Å². The van der Waals surface area contributed by atoms with Crippen LogP contribution in [0.15, 0.2) is 36.4 Å². The Bertz CT molecular complexity index is 1250. The predicted molar refractivity (Wildman–Crippen MR) is 121 cm³/mol. The molecular weight excluding hydrogens is 463 g/mol. The first-order chi connectivity index (χ1) is 16.1. The van der Waals surface area contributed by atoms with E-state index >= 15 is 0 Å². The molecule has 0 radical (unpaired) electrons. The molecule has 3 aliphatic heterocycles. The number of aryl methyl sites for hydroxylation is 1. The van der Waals surface area contributed by atoms with E-state index in [0.29, 0.717) is 21.8 Å². The van der Waals surface area contributed by atoms with Gasteiger partial charge in [0, 0.05) is 28.7 Å². The lowest BCUT2D eigenvalue weighted by Gasteiger charge is -2.29. The molecule has 4 atom stereocenters. The normalized spacial score (nSPS) is 27.3. The number of nitrogens with one attached hydrogen (secondary N) is 2. The second kappa shape index (κ2) is 7.89. The Labute approximate surface area is 199 Å². The molecule has 3 heterocycles. The van der Waals surface area contributed by atoms with Crippen LogP contribution in [0.25, 0.3) is 0 Å². The van der Waals surface area contributed by atoms with Gasteiger partial charge in [0.25, 0.3) is 0 Å². The van der Waals surface area contributed by atoms with Crippen molar-refractivity contribution in [2.75, 3.05) is 5.32 Å². The summed E-state index contributed by atoms with van der Waals surface area (Å²) in [5.74, 6) is -4.28. The van der Waals surface area contributed by atoms with Crippen molar-refractivity contribution in [3.05, 3.63) is 63.9 Å². The lowest BCUT2D eigenvalue weighted by Crippen LogP contribution is -2.53. The van der Waals surface area contributed by atoms with Gasteiger partial charge in [0.2, 0.25) is 23.6 Å². The summed E-state index contributed by atoms with van der Waals surface area (Å²) in [6.07, 6.45) is 0.170. The van der Waals surface area contributed by atoms with Gasteiger partial charge in [-0.05, 0) is 48.7 Å². The van der Waals surface area contributed by atoms with Crippen molar-refractivity contribution in [1.29, 1.82) is 0 Å². The first-order valence-electron chi connectivity index (χ1n) is 10.9. The first-order valence-corrected chi connectivity index (χ1v) is 11.3. The van der Waals surface area contributed by atoms with Gasteiger partial charge in [-0.15, -0.1) is 0 Å². The van der Waals surface area contributed by atoms with Gasteiger partial charge in [0.1, 0.15) is 11.4 Å². The van der Waals surface area contributed by atoms with Crippen LogP contribution in [0.5, 0.6) is 0 Å². The van der Waals surface area contributed by atoms with Crippen molar-refractivity contribution in [3.63, 3.8) is 0 Å². The molecule has 2 unspecified atom stereocenters. The van der Waals surface area contributed by atoms with E-state index in [9.17, 15) is 23.6 Å². The van der Waals surface area contributed by atoms with Crippen LogP contribution in [0.2, 0.25) is 5.02 Å². The van der Waals surface area contributed by atoms with Crippen LogP contribution < -0.4 is 16.4 Å². The monoisotopic (exact) mass is 484 g/mol. The summed E-state index contributed by atoms with van der Waals surface area (Å²) in [6, 6.07) is 8.22. The molecule has 4 N–H and O–H groups in total. The highest BCUT2D eigenvalue weighted by Crippen LogP contribution is 2.54. The van der Waals surface area contributed by atoms with Crippen LogP contribution in [0, 0.1) is 24.6 Å². The number of nitrogens with two attached hydrogens (primary N) is 1. The predicted octanol–water partition coefficient (Wildman–Crippen LogP) is 1.97. The summed E-state index contributed by atoms with van der Waals surface area (Å²) in [4.78, 5) is 53.3. The molecule has 176 valence electrons. The van der Waals surface area contributed by atoms with Crippen molar-refractivity contribution in [2.24, 2.45) is 17.6 Å². The number of hydrogen-bond donors (Lipinski definition) is 3. The van der Waals surface area contributed by atoms with Crippen LogP contribution in [0.3, 0.4) is 0 Å². The number of carbonyl (C=O) groups is 4. The standard InChI is InChI=1S/C24H22ClFN4O4/c1-11-8-13(25)9-15-20(11)28-23(34)24(15)19-18(16(29-24)6-7-17(27)31)21(32)30(22(19)33)10-12-2-4-14(26)5-3-12/h2-5,8-9,16,18-19,29H,6-7,10H2,1H3,(H2,27,31)(H,28,34)/t16?,18-,19+,24?/m1/s1. The van der Waals surface area contributed by atoms with Gasteiger partial charge in [-0.1, -0.05) is 23.7 Å². The second-order valence-electron chi connectivity index (χ2n) is 9.06. The maximum absolute atomic E-state index is 13.7. The molecule has 2 saturated heterocycles. The average Bonchev–Trinajstić information content (AvgIpc) is 3.35. The van der Waals surface area contributed by atoms with Gasteiger partial charge in [-0.25, -0.2) is 4.39 Å². The molecule has 34 heavy (non-hydrogen) atoms. The summed E-state index contributed by atoms with van der Waals surface area (Å²) in [7, 11) is 0. The molecule has 0 aromatic heterocycles. The number of likely N-dealkylation sites (tertiary alicyclic amines) is 1. The number of amides is 4. The van der Waals surface area contributed by atoms with Gasteiger partial charge < -0.3 is 11.1 Å². The number of nitrogens with zero attached hydrogens (tertiary/aromatic N) is 1. The fourth-order valence-electron chi connectivity index (χ4n) is 5.57. The Hall–Kier alpha value is -3.30. The Morgan fingerprint density at radius 3 is 2.56 bits per heavy atom. The first kappa shape index (κ1) is 22.5. The molecule has 0 saturated carbocycles. The number of fused-ring (bicyclic) bond motifs is 4. The van der Waals surface area contributed by atoms with Gasteiger partial charge in [-0.3, -0.25) is 29.4 Å².